The van der Waals surface area contributed by atoms with E-state index in [-0.39, 0.29) is 23.3 Å². The number of sulfone groups is 2. The van der Waals surface area contributed by atoms with Crippen LogP contribution in [0.25, 0.3) is 0 Å². The van der Waals surface area contributed by atoms with Crippen molar-refractivity contribution in [3.05, 3.63) is 60.7 Å². The van der Waals surface area contributed by atoms with Gasteiger partial charge in [0.2, 0.25) is 0 Å². The van der Waals surface area contributed by atoms with Crippen LogP contribution in [0.3, 0.4) is 0 Å². The van der Waals surface area contributed by atoms with Gasteiger partial charge in [-0.25, -0.2) is 26.6 Å². The van der Waals surface area contributed by atoms with Crippen molar-refractivity contribution in [2.24, 2.45) is 10.7 Å². The molecule has 0 unspecified atom stereocenters. The summed E-state index contributed by atoms with van der Waals surface area (Å²) in [4.78, 5) is 16.0. The first-order chi connectivity index (χ1) is 17.2. The number of aliphatic hydroxyl groups excluding tert-OH is 1. The van der Waals surface area contributed by atoms with E-state index < -0.39 is 55.8 Å². The molecule has 2 atom stereocenters. The summed E-state index contributed by atoms with van der Waals surface area (Å²) >= 11 is 0. The van der Waals surface area contributed by atoms with E-state index in [1.54, 1.807) is 69.3 Å². The van der Waals surface area contributed by atoms with Gasteiger partial charge in [0.15, 0.2) is 19.7 Å². The number of rotatable bonds is 8. The lowest BCUT2D eigenvalue weighted by molar-refractivity contribution is 0.0490. The summed E-state index contributed by atoms with van der Waals surface area (Å²) in [6.45, 7) is 4.83. The molecular weight excluding hydrogens is 522 g/mol. The lowest BCUT2D eigenvalue weighted by atomic mass is 10.2. The second kappa shape index (κ2) is 12.9. The van der Waals surface area contributed by atoms with Gasteiger partial charge in [-0.3, -0.25) is 0 Å². The Kier molecular flexibility index (Phi) is 10.5. The monoisotopic (exact) mass is 555 g/mol. The number of carbonyl (C=O) groups excluding carboxylic acids is 1. The van der Waals surface area contributed by atoms with Crippen LogP contribution < -0.4 is 11.1 Å². The number of nitrogens with two attached hydrogens (primary N) is 1. The zero-order chi connectivity index (χ0) is 27.7. The lowest BCUT2D eigenvalue weighted by Crippen LogP contribution is -2.44. The van der Waals surface area contributed by atoms with E-state index in [4.69, 9.17) is 15.2 Å². The summed E-state index contributed by atoms with van der Waals surface area (Å²) in [5.41, 5.74) is 4.62. The lowest BCUT2D eigenvalue weighted by Gasteiger charge is -2.22. The molecule has 0 radical (unpaired) electrons. The molecule has 37 heavy (non-hydrogen) atoms. The van der Waals surface area contributed by atoms with Crippen LogP contribution >= 0.6 is 0 Å². The predicted octanol–water partition coefficient (Wildman–Crippen LogP) is 1.52. The molecule has 0 fully saturated rings. The van der Waals surface area contributed by atoms with E-state index in [1.807, 2.05) is 0 Å². The highest BCUT2D eigenvalue weighted by Crippen LogP contribution is 2.15. The summed E-state index contributed by atoms with van der Waals surface area (Å²) in [5.74, 6) is -0.468. The Hall–Kier alpha value is -3.16. The van der Waals surface area contributed by atoms with Crippen molar-refractivity contribution in [2.45, 2.75) is 48.2 Å². The Bertz CT molecular complexity index is 1260. The number of benzene rings is 2. The Morgan fingerprint density at radius 1 is 1.05 bits per heavy atom. The molecule has 1 amide bonds. The maximum atomic E-state index is 12.2. The van der Waals surface area contributed by atoms with Crippen molar-refractivity contribution in [2.75, 3.05) is 24.7 Å². The number of nitrogens with one attached hydrogen (secondary N) is 1. The van der Waals surface area contributed by atoms with Crippen LogP contribution in [0.2, 0.25) is 0 Å². The van der Waals surface area contributed by atoms with Gasteiger partial charge in [-0.1, -0.05) is 36.4 Å². The predicted molar refractivity (Wildman–Crippen MR) is 139 cm³/mol. The number of alkyl carbamates (subject to hydrolysis) is 1. The molecule has 3 rings (SSSR count). The Labute approximate surface area is 217 Å². The van der Waals surface area contributed by atoms with Crippen LogP contribution in [-0.4, -0.2) is 76.5 Å². The minimum absolute atomic E-state index is 0.0632. The number of nitrogens with zero attached hydrogens (tertiary/aromatic N) is 1. The van der Waals surface area contributed by atoms with Crippen molar-refractivity contribution in [1.82, 2.24) is 5.32 Å². The van der Waals surface area contributed by atoms with E-state index in [2.05, 4.69) is 10.3 Å². The molecule has 1 aliphatic heterocycles. The molecule has 11 nitrogen and oxygen atoms in total. The highest BCUT2D eigenvalue weighted by Gasteiger charge is 2.26. The van der Waals surface area contributed by atoms with E-state index in [0.717, 1.165) is 0 Å². The molecule has 1 heterocycles. The topological polar surface area (TPSA) is 174 Å². The third-order valence-electron chi connectivity index (χ3n) is 4.71. The second-order valence-corrected chi connectivity index (χ2v) is 13.2. The number of hydrogen-bond donors (Lipinski definition) is 3. The molecule has 2 aromatic carbocycles. The molecule has 0 saturated carbocycles. The normalized spacial score (nSPS) is 16.4. The number of aliphatic imine (C=N–C) groups is 1. The second-order valence-electron chi connectivity index (χ2n) is 9.15. The molecule has 4 N–H and O–H groups in total. The van der Waals surface area contributed by atoms with Crippen molar-refractivity contribution < 1.29 is 36.2 Å². The fourth-order valence-corrected chi connectivity index (χ4v) is 6.03. The smallest absolute Gasteiger partial charge is 0.407 e. The quantitative estimate of drug-likeness (QED) is 0.436. The molecule has 0 aliphatic carbocycles. The summed E-state index contributed by atoms with van der Waals surface area (Å²) in [7, 11) is -6.90. The van der Waals surface area contributed by atoms with Gasteiger partial charge in [0.1, 0.15) is 18.2 Å². The molecule has 0 aromatic heterocycles. The van der Waals surface area contributed by atoms with Crippen LogP contribution in [0.1, 0.15) is 20.8 Å². The Balaban J connectivity index is 0.000000269. The highest BCUT2D eigenvalue weighted by atomic mass is 32.2. The Morgan fingerprint density at radius 2 is 1.57 bits per heavy atom. The minimum atomic E-state index is -3.59. The molecule has 0 saturated heterocycles. The van der Waals surface area contributed by atoms with Gasteiger partial charge in [0.25, 0.3) is 6.02 Å². The third-order valence-corrected chi connectivity index (χ3v) is 8.36. The summed E-state index contributed by atoms with van der Waals surface area (Å²) < 4.78 is 58.1. The largest absolute Gasteiger partial charge is 0.463 e. The number of carbonyl (C=O) groups is 1. The molecular formula is C24H33N3O8S2. The van der Waals surface area contributed by atoms with Gasteiger partial charge in [-0.15, -0.1) is 0 Å². The summed E-state index contributed by atoms with van der Waals surface area (Å²) in [6.07, 6.45) is -0.759. The number of hydrogen-bond acceptors (Lipinski definition) is 10. The standard InChI is InChI=1S/C14H21NO5S.C10H12N2O3S/c1-14(2,3)20-13(17)15-11(9-16)10-21(18,19)12-7-5-4-6-8-12;11-10-12-8(6-15-10)7-16(13,14)9-4-2-1-3-5-9/h4-8,11,16H,9-10H2,1-3H3,(H,15,17);1-5,8H,6-7H2,(H2,11,12)/t11-;8-/m11/s1. The van der Waals surface area contributed by atoms with Crippen molar-refractivity contribution >= 4 is 31.8 Å². The Morgan fingerprint density at radius 3 is 2.00 bits per heavy atom. The minimum Gasteiger partial charge on any atom is -0.463 e. The van der Waals surface area contributed by atoms with Crippen LogP contribution in [0.5, 0.6) is 0 Å². The first kappa shape index (κ1) is 30.1. The fourth-order valence-electron chi connectivity index (χ4n) is 3.10. The van der Waals surface area contributed by atoms with Gasteiger partial charge >= 0.3 is 6.09 Å². The molecule has 0 bridgehead atoms. The molecule has 204 valence electrons. The molecule has 2 aromatic rings. The zero-order valence-corrected chi connectivity index (χ0v) is 22.5. The molecule has 1 aliphatic rings. The zero-order valence-electron chi connectivity index (χ0n) is 20.9. The average Bonchev–Trinajstić information content (AvgIpc) is 3.22. The number of ether oxygens (including phenoxy) is 2. The third kappa shape index (κ3) is 10.4. The van der Waals surface area contributed by atoms with Gasteiger partial charge in [-0.2, -0.15) is 0 Å². The van der Waals surface area contributed by atoms with Crippen molar-refractivity contribution in [1.29, 1.82) is 0 Å². The SMILES string of the molecule is CC(C)(C)OC(=O)N[C@H](CO)CS(=O)(=O)c1ccccc1.NC1=N[C@@H](CS(=O)(=O)c2ccccc2)CO1. The maximum Gasteiger partial charge on any atom is 0.407 e. The summed E-state index contributed by atoms with van der Waals surface area (Å²) in [5, 5.41) is 11.6. The molecule has 0 spiro atoms. The van der Waals surface area contributed by atoms with Crippen LogP contribution in [0, 0.1) is 0 Å². The van der Waals surface area contributed by atoms with E-state index >= 15 is 0 Å². The van der Waals surface area contributed by atoms with Crippen molar-refractivity contribution in [3.63, 3.8) is 0 Å². The van der Waals surface area contributed by atoms with Gasteiger partial charge in [0.05, 0.1) is 33.9 Å². The summed E-state index contributed by atoms with van der Waals surface area (Å²) in [6, 6.07) is 14.9. The number of aliphatic hydroxyl groups is 1. The number of amidine groups is 1. The number of amides is 1. The highest BCUT2D eigenvalue weighted by molar-refractivity contribution is 7.91. The van der Waals surface area contributed by atoms with Crippen LogP contribution in [-0.2, 0) is 29.1 Å². The van der Waals surface area contributed by atoms with Gasteiger partial charge in [0, 0.05) is 0 Å². The van der Waals surface area contributed by atoms with E-state index in [9.17, 15) is 26.7 Å². The van der Waals surface area contributed by atoms with Crippen LogP contribution in [0.4, 0.5) is 4.79 Å². The van der Waals surface area contributed by atoms with E-state index in [0.29, 0.717) is 4.90 Å². The first-order valence-corrected chi connectivity index (χ1v) is 14.6. The first-order valence-electron chi connectivity index (χ1n) is 11.3. The van der Waals surface area contributed by atoms with Crippen molar-refractivity contribution in [3.8, 4) is 0 Å². The average molecular weight is 556 g/mol. The fraction of sp³-hybridized carbons (Fsp3) is 0.417. The van der Waals surface area contributed by atoms with E-state index in [1.165, 1.54) is 12.1 Å². The van der Waals surface area contributed by atoms with Crippen LogP contribution in [0.15, 0.2) is 75.4 Å². The van der Waals surface area contributed by atoms with Gasteiger partial charge < -0.3 is 25.6 Å². The molecule has 13 heteroatoms. The maximum absolute atomic E-state index is 12.2. The van der Waals surface area contributed by atoms with Gasteiger partial charge in [-0.05, 0) is 45.0 Å².